The third-order valence-electron chi connectivity index (χ3n) is 3.08. The van der Waals surface area contributed by atoms with Gasteiger partial charge in [-0.05, 0) is 37.6 Å². The molecule has 2 aromatic rings. The van der Waals surface area contributed by atoms with Gasteiger partial charge in [-0.1, -0.05) is 19.9 Å². The number of halogens is 1. The molecule has 0 aliphatic carbocycles. The summed E-state index contributed by atoms with van der Waals surface area (Å²) in [5, 5.41) is 4.24. The highest BCUT2D eigenvalue weighted by Gasteiger charge is 2.13. The summed E-state index contributed by atoms with van der Waals surface area (Å²) in [7, 11) is 0. The minimum absolute atomic E-state index is 0.206. The molecule has 0 unspecified atom stereocenters. The van der Waals surface area contributed by atoms with Crippen molar-refractivity contribution in [3.05, 3.63) is 40.2 Å². The predicted octanol–water partition coefficient (Wildman–Crippen LogP) is 3.93. The van der Waals surface area contributed by atoms with Crippen molar-refractivity contribution in [1.82, 2.24) is 10.3 Å². The Kier molecular flexibility index (Phi) is 4.66. The van der Waals surface area contributed by atoms with Crippen molar-refractivity contribution in [3.63, 3.8) is 0 Å². The minimum atomic E-state index is -0.206. The van der Waals surface area contributed by atoms with E-state index in [1.165, 1.54) is 10.9 Å². The van der Waals surface area contributed by atoms with Crippen LogP contribution in [0.1, 0.15) is 30.0 Å². The molecule has 2 nitrogen and oxygen atoms in total. The van der Waals surface area contributed by atoms with E-state index < -0.39 is 0 Å². The molecule has 19 heavy (non-hydrogen) atoms. The van der Waals surface area contributed by atoms with Crippen LogP contribution in [-0.4, -0.2) is 11.5 Å². The zero-order valence-corrected chi connectivity index (χ0v) is 12.4. The molecule has 2 rings (SSSR count). The minimum Gasteiger partial charge on any atom is -0.312 e. The zero-order valence-electron chi connectivity index (χ0n) is 11.6. The van der Waals surface area contributed by atoms with E-state index >= 15 is 0 Å². The largest absolute Gasteiger partial charge is 0.312 e. The number of thiazole rings is 1. The summed E-state index contributed by atoms with van der Waals surface area (Å²) in [4.78, 5) is 5.92. The molecule has 0 aliphatic heterocycles. The fourth-order valence-corrected chi connectivity index (χ4v) is 3.18. The summed E-state index contributed by atoms with van der Waals surface area (Å²) in [5.74, 6) is -0.206. The normalized spacial score (nSPS) is 10.9. The number of benzene rings is 1. The van der Waals surface area contributed by atoms with E-state index in [1.807, 2.05) is 13.0 Å². The first kappa shape index (κ1) is 14.2. The van der Waals surface area contributed by atoms with Gasteiger partial charge in [0.25, 0.3) is 0 Å². The Labute approximate surface area is 117 Å². The molecule has 0 spiro atoms. The topological polar surface area (TPSA) is 24.9 Å². The molecule has 0 atom stereocenters. The molecule has 102 valence electrons. The fraction of sp³-hybridized carbons (Fsp3) is 0.400. The standard InChI is InChI=1S/C15H19FN2S/c1-4-13-14(9-17-5-2)19-15(18-13)12-8-11(16)7-6-10(12)3/h6-8,17H,4-5,9H2,1-3H3. The number of hydrogen-bond acceptors (Lipinski definition) is 3. The summed E-state index contributed by atoms with van der Waals surface area (Å²) in [6, 6.07) is 4.87. The Morgan fingerprint density at radius 3 is 2.79 bits per heavy atom. The SMILES string of the molecule is CCNCc1sc(-c2cc(F)ccc2C)nc1CC. The fourth-order valence-electron chi connectivity index (χ4n) is 1.98. The molecule has 0 saturated heterocycles. The van der Waals surface area contributed by atoms with Gasteiger partial charge in [-0.25, -0.2) is 9.37 Å². The van der Waals surface area contributed by atoms with Gasteiger partial charge in [0.2, 0.25) is 0 Å². The predicted molar refractivity (Wildman–Crippen MR) is 79.0 cm³/mol. The highest BCUT2D eigenvalue weighted by molar-refractivity contribution is 7.15. The summed E-state index contributed by atoms with van der Waals surface area (Å²) in [6.45, 7) is 7.96. The summed E-state index contributed by atoms with van der Waals surface area (Å²) in [6.07, 6.45) is 0.908. The van der Waals surface area contributed by atoms with E-state index in [0.29, 0.717) is 0 Å². The molecule has 0 radical (unpaired) electrons. The molecular formula is C15H19FN2S. The van der Waals surface area contributed by atoms with Crippen molar-refractivity contribution in [1.29, 1.82) is 0 Å². The van der Waals surface area contributed by atoms with E-state index in [0.717, 1.165) is 41.3 Å². The molecule has 4 heteroatoms. The zero-order chi connectivity index (χ0) is 13.8. The number of rotatable bonds is 5. The van der Waals surface area contributed by atoms with Gasteiger partial charge in [-0.15, -0.1) is 11.3 Å². The maximum Gasteiger partial charge on any atom is 0.124 e. The van der Waals surface area contributed by atoms with Gasteiger partial charge in [-0.3, -0.25) is 0 Å². The monoisotopic (exact) mass is 278 g/mol. The van der Waals surface area contributed by atoms with Gasteiger partial charge < -0.3 is 5.32 Å². The molecule has 1 aromatic carbocycles. The number of nitrogens with one attached hydrogen (secondary N) is 1. The van der Waals surface area contributed by atoms with Crippen molar-refractivity contribution >= 4 is 11.3 Å². The van der Waals surface area contributed by atoms with E-state index in [9.17, 15) is 4.39 Å². The summed E-state index contributed by atoms with van der Waals surface area (Å²) >= 11 is 1.66. The van der Waals surface area contributed by atoms with E-state index in [2.05, 4.69) is 24.1 Å². The van der Waals surface area contributed by atoms with Crippen LogP contribution in [-0.2, 0) is 13.0 Å². The lowest BCUT2D eigenvalue weighted by Crippen LogP contribution is -2.11. The first-order valence-electron chi connectivity index (χ1n) is 6.61. The molecule has 0 saturated carbocycles. The van der Waals surface area contributed by atoms with Crippen LogP contribution >= 0.6 is 11.3 Å². The Hall–Kier alpha value is -1.26. The maximum absolute atomic E-state index is 13.4. The van der Waals surface area contributed by atoms with Crippen LogP contribution < -0.4 is 5.32 Å². The summed E-state index contributed by atoms with van der Waals surface area (Å²) in [5.41, 5.74) is 3.08. The highest BCUT2D eigenvalue weighted by Crippen LogP contribution is 2.31. The molecule has 0 fully saturated rings. The lowest BCUT2D eigenvalue weighted by atomic mass is 10.1. The van der Waals surface area contributed by atoms with E-state index in [4.69, 9.17) is 0 Å². The molecule has 0 aliphatic rings. The lowest BCUT2D eigenvalue weighted by Gasteiger charge is -2.01. The number of nitrogens with zero attached hydrogens (tertiary/aromatic N) is 1. The molecule has 1 aromatic heterocycles. The van der Waals surface area contributed by atoms with Gasteiger partial charge in [0.15, 0.2) is 0 Å². The lowest BCUT2D eigenvalue weighted by molar-refractivity contribution is 0.628. The Balaban J connectivity index is 2.39. The van der Waals surface area contributed by atoms with E-state index in [1.54, 1.807) is 17.4 Å². The Morgan fingerprint density at radius 2 is 2.11 bits per heavy atom. The van der Waals surface area contributed by atoms with Gasteiger partial charge in [0, 0.05) is 17.0 Å². The first-order valence-corrected chi connectivity index (χ1v) is 7.43. The second kappa shape index (κ2) is 6.26. The second-order valence-electron chi connectivity index (χ2n) is 4.48. The Morgan fingerprint density at radius 1 is 1.32 bits per heavy atom. The van der Waals surface area contributed by atoms with Crippen LogP contribution in [0.2, 0.25) is 0 Å². The average Bonchev–Trinajstić information content (AvgIpc) is 2.82. The second-order valence-corrected chi connectivity index (χ2v) is 5.57. The average molecular weight is 278 g/mol. The summed E-state index contributed by atoms with van der Waals surface area (Å²) < 4.78 is 13.4. The maximum atomic E-state index is 13.4. The number of hydrogen-bond donors (Lipinski definition) is 1. The Bertz CT molecular complexity index is 563. The van der Waals surface area contributed by atoms with Crippen LogP contribution in [0.5, 0.6) is 0 Å². The molecule has 0 bridgehead atoms. The van der Waals surface area contributed by atoms with Crippen LogP contribution in [0.15, 0.2) is 18.2 Å². The highest BCUT2D eigenvalue weighted by atomic mass is 32.1. The molecule has 1 heterocycles. The molecule has 0 amide bonds. The van der Waals surface area contributed by atoms with Crippen LogP contribution in [0.3, 0.4) is 0 Å². The van der Waals surface area contributed by atoms with Gasteiger partial charge in [0.1, 0.15) is 10.8 Å². The van der Waals surface area contributed by atoms with Crippen molar-refractivity contribution < 1.29 is 4.39 Å². The van der Waals surface area contributed by atoms with Crippen molar-refractivity contribution in [3.8, 4) is 10.6 Å². The molecule has 1 N–H and O–H groups in total. The van der Waals surface area contributed by atoms with E-state index in [-0.39, 0.29) is 5.82 Å². The number of aromatic nitrogens is 1. The van der Waals surface area contributed by atoms with Gasteiger partial charge >= 0.3 is 0 Å². The third kappa shape index (κ3) is 3.19. The molecular weight excluding hydrogens is 259 g/mol. The van der Waals surface area contributed by atoms with Gasteiger partial charge in [0.05, 0.1) is 5.69 Å². The van der Waals surface area contributed by atoms with Crippen LogP contribution in [0.25, 0.3) is 10.6 Å². The van der Waals surface area contributed by atoms with Crippen molar-refractivity contribution in [2.24, 2.45) is 0 Å². The number of aryl methyl sites for hydroxylation is 2. The van der Waals surface area contributed by atoms with Crippen LogP contribution in [0.4, 0.5) is 4.39 Å². The quantitative estimate of drug-likeness (QED) is 0.896. The van der Waals surface area contributed by atoms with Gasteiger partial charge in [-0.2, -0.15) is 0 Å². The van der Waals surface area contributed by atoms with Crippen molar-refractivity contribution in [2.45, 2.75) is 33.7 Å². The van der Waals surface area contributed by atoms with Crippen molar-refractivity contribution in [2.75, 3.05) is 6.54 Å². The smallest absolute Gasteiger partial charge is 0.124 e. The van der Waals surface area contributed by atoms with Crippen LogP contribution in [0, 0.1) is 12.7 Å². The third-order valence-corrected chi connectivity index (χ3v) is 4.21. The first-order chi connectivity index (χ1) is 9.15.